The molecular weight excluding hydrogens is 312 g/mol. The molecule has 0 saturated heterocycles. The number of carbonyl (C=O) groups excluding carboxylic acids is 2. The Hall–Kier alpha value is -1.22. The number of ether oxygens (including phenoxy) is 1. The van der Waals surface area contributed by atoms with E-state index in [9.17, 15) is 9.59 Å². The largest absolute Gasteiger partial charge is 0.384 e. The molecule has 0 radical (unpaired) electrons. The summed E-state index contributed by atoms with van der Waals surface area (Å²) in [5, 5.41) is 0. The van der Waals surface area contributed by atoms with E-state index in [2.05, 4.69) is 6.92 Å². The third-order valence-electron chi connectivity index (χ3n) is 6.10. The first-order chi connectivity index (χ1) is 12.0. The van der Waals surface area contributed by atoms with E-state index in [0.29, 0.717) is 24.2 Å². The normalized spacial score (nSPS) is 32.0. The second-order valence-electron chi connectivity index (χ2n) is 8.11. The van der Waals surface area contributed by atoms with Crippen LogP contribution >= 0.6 is 0 Å². The molecule has 140 valence electrons. The number of hydrogen-bond acceptors (Lipinski definition) is 3. The standard InChI is InChI=1S/C22H34O3/c1-4-5-7-20(23)15-19-14-17(9-10-18(19)16-25-3)11-13-22(2)12-6-8-21(22)24/h5,7,15,17-18H,4,6,8-14,16H2,1-3H3. The van der Waals surface area contributed by atoms with Gasteiger partial charge in [-0.25, -0.2) is 0 Å². The molecule has 0 aromatic heterocycles. The fraction of sp³-hybridized carbons (Fsp3) is 0.727. The van der Waals surface area contributed by atoms with Crippen molar-refractivity contribution in [3.05, 3.63) is 23.8 Å². The minimum Gasteiger partial charge on any atom is -0.384 e. The molecule has 2 aliphatic carbocycles. The topological polar surface area (TPSA) is 43.4 Å². The molecule has 3 heteroatoms. The monoisotopic (exact) mass is 346 g/mol. The van der Waals surface area contributed by atoms with Crippen LogP contribution in [0.2, 0.25) is 0 Å². The van der Waals surface area contributed by atoms with Gasteiger partial charge in [0.2, 0.25) is 0 Å². The number of allylic oxidation sites excluding steroid dienone is 3. The summed E-state index contributed by atoms with van der Waals surface area (Å²) in [5.41, 5.74) is 1.15. The van der Waals surface area contributed by atoms with Crippen LogP contribution in [0.4, 0.5) is 0 Å². The quantitative estimate of drug-likeness (QED) is 0.578. The van der Waals surface area contributed by atoms with Gasteiger partial charge in [-0.3, -0.25) is 9.59 Å². The van der Waals surface area contributed by atoms with E-state index >= 15 is 0 Å². The highest BCUT2D eigenvalue weighted by Crippen LogP contribution is 2.42. The van der Waals surface area contributed by atoms with Crippen LogP contribution in [0.3, 0.4) is 0 Å². The highest BCUT2D eigenvalue weighted by atomic mass is 16.5. The second-order valence-corrected chi connectivity index (χ2v) is 8.11. The van der Waals surface area contributed by atoms with Crippen LogP contribution < -0.4 is 0 Å². The first kappa shape index (κ1) is 20.1. The molecule has 2 rings (SSSR count). The van der Waals surface area contributed by atoms with E-state index in [1.807, 2.05) is 19.1 Å². The molecule has 2 saturated carbocycles. The maximum absolute atomic E-state index is 12.1. The van der Waals surface area contributed by atoms with Crippen LogP contribution in [-0.2, 0) is 14.3 Å². The Labute approximate surface area is 152 Å². The van der Waals surface area contributed by atoms with Gasteiger partial charge in [0.05, 0.1) is 6.61 Å². The third-order valence-corrected chi connectivity index (χ3v) is 6.10. The van der Waals surface area contributed by atoms with Gasteiger partial charge >= 0.3 is 0 Å². The number of methoxy groups -OCH3 is 1. The summed E-state index contributed by atoms with van der Waals surface area (Å²) in [4.78, 5) is 24.3. The Balaban J connectivity index is 1.98. The highest BCUT2D eigenvalue weighted by Gasteiger charge is 2.37. The molecular formula is C22H34O3. The van der Waals surface area contributed by atoms with Gasteiger partial charge in [-0.2, -0.15) is 0 Å². The molecule has 2 fully saturated rings. The number of rotatable bonds is 8. The van der Waals surface area contributed by atoms with Crippen molar-refractivity contribution in [2.45, 2.75) is 71.6 Å². The second kappa shape index (κ2) is 9.47. The van der Waals surface area contributed by atoms with E-state index in [-0.39, 0.29) is 11.2 Å². The van der Waals surface area contributed by atoms with Crippen molar-refractivity contribution < 1.29 is 14.3 Å². The maximum atomic E-state index is 12.1. The molecule has 3 atom stereocenters. The Morgan fingerprint density at radius 3 is 2.80 bits per heavy atom. The zero-order valence-electron chi connectivity index (χ0n) is 16.2. The number of ketones is 2. The summed E-state index contributed by atoms with van der Waals surface area (Å²) in [5.74, 6) is 1.50. The van der Waals surface area contributed by atoms with Gasteiger partial charge in [-0.15, -0.1) is 0 Å². The van der Waals surface area contributed by atoms with E-state index < -0.39 is 0 Å². The lowest BCUT2D eigenvalue weighted by molar-refractivity contribution is -0.125. The minimum absolute atomic E-state index is 0.0903. The highest BCUT2D eigenvalue weighted by molar-refractivity contribution is 5.99. The summed E-state index contributed by atoms with van der Waals surface area (Å²) in [7, 11) is 1.73. The van der Waals surface area contributed by atoms with E-state index in [1.165, 1.54) is 12.0 Å². The van der Waals surface area contributed by atoms with Gasteiger partial charge in [0, 0.05) is 24.9 Å². The molecule has 0 heterocycles. The summed E-state index contributed by atoms with van der Waals surface area (Å²) >= 11 is 0. The van der Waals surface area contributed by atoms with Crippen molar-refractivity contribution in [2.75, 3.05) is 13.7 Å². The van der Waals surface area contributed by atoms with Crippen molar-refractivity contribution in [3.8, 4) is 0 Å². The van der Waals surface area contributed by atoms with Crippen LogP contribution in [0.25, 0.3) is 0 Å². The van der Waals surface area contributed by atoms with Crippen molar-refractivity contribution in [3.63, 3.8) is 0 Å². The SMILES string of the molecule is CCC=CC(=O)C=C1CC(CCC2(C)CCCC2=O)CCC1COC. The number of Topliss-reactive ketones (excluding diaryl/α,β-unsaturated/α-hetero) is 1. The fourth-order valence-electron chi connectivity index (χ4n) is 4.37. The predicted molar refractivity (Wildman–Crippen MR) is 101 cm³/mol. The molecule has 0 bridgehead atoms. The third kappa shape index (κ3) is 5.64. The van der Waals surface area contributed by atoms with E-state index in [1.54, 1.807) is 13.2 Å². The molecule has 3 nitrogen and oxygen atoms in total. The Bertz CT molecular complexity index is 531. The summed E-state index contributed by atoms with van der Waals surface area (Å²) in [6.07, 6.45) is 14.5. The fourth-order valence-corrected chi connectivity index (χ4v) is 4.37. The van der Waals surface area contributed by atoms with Gasteiger partial charge in [0.15, 0.2) is 5.78 Å². The van der Waals surface area contributed by atoms with Crippen LogP contribution in [0, 0.1) is 17.3 Å². The maximum Gasteiger partial charge on any atom is 0.178 e. The van der Waals surface area contributed by atoms with Crippen molar-refractivity contribution in [2.24, 2.45) is 17.3 Å². The summed E-state index contributed by atoms with van der Waals surface area (Å²) < 4.78 is 5.37. The molecule has 0 aromatic carbocycles. The molecule has 0 spiro atoms. The Kier molecular flexibility index (Phi) is 7.61. The average Bonchev–Trinajstić information content (AvgIpc) is 2.92. The Morgan fingerprint density at radius 2 is 2.16 bits per heavy atom. The lowest BCUT2D eigenvalue weighted by Crippen LogP contribution is -2.25. The van der Waals surface area contributed by atoms with Gasteiger partial charge in [-0.05, 0) is 69.4 Å². The minimum atomic E-state index is -0.0903. The molecule has 3 unspecified atom stereocenters. The summed E-state index contributed by atoms with van der Waals surface area (Å²) in [6.45, 7) is 4.88. The van der Waals surface area contributed by atoms with Crippen molar-refractivity contribution in [1.29, 1.82) is 0 Å². The van der Waals surface area contributed by atoms with E-state index in [0.717, 1.165) is 51.4 Å². The average molecular weight is 347 g/mol. The predicted octanol–water partition coefficient (Wildman–Crippen LogP) is 5.05. The summed E-state index contributed by atoms with van der Waals surface area (Å²) in [6, 6.07) is 0. The van der Waals surface area contributed by atoms with Crippen LogP contribution in [0.15, 0.2) is 23.8 Å². The number of carbonyl (C=O) groups is 2. The van der Waals surface area contributed by atoms with Crippen LogP contribution in [0.1, 0.15) is 71.6 Å². The molecule has 0 N–H and O–H groups in total. The van der Waals surface area contributed by atoms with Gasteiger partial charge in [0.25, 0.3) is 0 Å². The zero-order valence-corrected chi connectivity index (χ0v) is 16.2. The van der Waals surface area contributed by atoms with Crippen LogP contribution in [0.5, 0.6) is 0 Å². The first-order valence-electron chi connectivity index (χ1n) is 9.91. The smallest absolute Gasteiger partial charge is 0.178 e. The first-order valence-corrected chi connectivity index (χ1v) is 9.91. The van der Waals surface area contributed by atoms with E-state index in [4.69, 9.17) is 4.74 Å². The molecule has 0 aromatic rings. The molecule has 0 aliphatic heterocycles. The Morgan fingerprint density at radius 1 is 1.36 bits per heavy atom. The lowest BCUT2D eigenvalue weighted by atomic mass is 9.73. The van der Waals surface area contributed by atoms with Crippen LogP contribution in [-0.4, -0.2) is 25.3 Å². The lowest BCUT2D eigenvalue weighted by Gasteiger charge is -2.33. The van der Waals surface area contributed by atoms with Crippen molar-refractivity contribution >= 4 is 11.6 Å². The number of hydrogen-bond donors (Lipinski definition) is 0. The van der Waals surface area contributed by atoms with Gasteiger partial charge in [0.1, 0.15) is 5.78 Å². The van der Waals surface area contributed by atoms with Crippen molar-refractivity contribution in [1.82, 2.24) is 0 Å². The molecule has 25 heavy (non-hydrogen) atoms. The van der Waals surface area contributed by atoms with Gasteiger partial charge in [-0.1, -0.05) is 25.5 Å². The molecule has 2 aliphatic rings. The molecule has 0 amide bonds. The zero-order chi connectivity index (χ0) is 18.3. The van der Waals surface area contributed by atoms with Gasteiger partial charge < -0.3 is 4.74 Å².